The number of hydrogen-bond donors (Lipinski definition) is 1. The quantitative estimate of drug-likeness (QED) is 0.702. The Hall–Kier alpha value is -2.29. The van der Waals surface area contributed by atoms with Crippen molar-refractivity contribution in [1.29, 1.82) is 0 Å². The first-order chi connectivity index (χ1) is 7.93. The molecule has 1 aromatic heterocycles. The van der Waals surface area contributed by atoms with Crippen LogP contribution in [0, 0.1) is 0 Å². The summed E-state index contributed by atoms with van der Waals surface area (Å²) in [6, 6.07) is 14.4. The molecule has 0 atom stereocenters. The molecule has 3 heteroatoms. The minimum atomic E-state index is 0.719. The Bertz CT molecular complexity index is 597. The highest BCUT2D eigenvalue weighted by Gasteiger charge is 2.01. The maximum absolute atomic E-state index is 4.93. The number of anilines is 2. The number of nitrogens with one attached hydrogen (secondary N) is 1. The molecule has 1 N–H and O–H groups in total. The molecule has 3 aromatic rings. The van der Waals surface area contributed by atoms with Crippen molar-refractivity contribution >= 4 is 22.3 Å². The van der Waals surface area contributed by atoms with Crippen molar-refractivity contribution in [3.63, 3.8) is 0 Å². The molecule has 16 heavy (non-hydrogen) atoms. The number of hydrogen-bond acceptors (Lipinski definition) is 3. The number of nitrogens with zero attached hydrogens (tertiary/aromatic N) is 1. The van der Waals surface area contributed by atoms with E-state index in [9.17, 15) is 0 Å². The predicted octanol–water partition coefficient (Wildman–Crippen LogP) is 3.57. The second kappa shape index (κ2) is 3.70. The van der Waals surface area contributed by atoms with E-state index in [2.05, 4.69) is 28.5 Å². The van der Waals surface area contributed by atoms with Gasteiger partial charge in [-0.1, -0.05) is 36.4 Å². The monoisotopic (exact) mass is 210 g/mol. The Kier molecular flexibility index (Phi) is 2.07. The molecule has 0 spiro atoms. The second-order valence-corrected chi connectivity index (χ2v) is 3.53. The highest BCUT2D eigenvalue weighted by Crippen LogP contribution is 2.25. The molecule has 0 saturated carbocycles. The first-order valence-corrected chi connectivity index (χ1v) is 5.06. The Balaban J connectivity index is 2.10. The summed E-state index contributed by atoms with van der Waals surface area (Å²) < 4.78 is 4.93. The molecule has 0 fully saturated rings. The summed E-state index contributed by atoms with van der Waals surface area (Å²) in [5, 5.41) is 5.60. The van der Waals surface area contributed by atoms with Crippen LogP contribution in [-0.4, -0.2) is 4.98 Å². The zero-order chi connectivity index (χ0) is 10.8. The third-order valence-corrected chi connectivity index (χ3v) is 2.48. The van der Waals surface area contributed by atoms with E-state index in [0.717, 1.165) is 11.5 Å². The molecule has 0 radical (unpaired) electrons. The first kappa shape index (κ1) is 8.97. The summed E-state index contributed by atoms with van der Waals surface area (Å²) in [5.74, 6) is 0.719. The summed E-state index contributed by atoms with van der Waals surface area (Å²) in [6.45, 7) is 0. The van der Waals surface area contributed by atoms with E-state index in [0.29, 0.717) is 0 Å². The lowest BCUT2D eigenvalue weighted by molar-refractivity contribution is 0.558. The first-order valence-electron chi connectivity index (χ1n) is 5.06. The van der Waals surface area contributed by atoms with Crippen LogP contribution in [-0.2, 0) is 0 Å². The standard InChI is InChI=1S/C13H10N2O/c1-2-6-11-10(4-1)5-3-7-12(11)15-13-8-16-9-14-13/h1-9,15H. The van der Waals surface area contributed by atoms with Gasteiger partial charge in [0.25, 0.3) is 0 Å². The highest BCUT2D eigenvalue weighted by atomic mass is 16.3. The molecule has 0 amide bonds. The van der Waals surface area contributed by atoms with Crippen LogP contribution in [0.1, 0.15) is 0 Å². The summed E-state index contributed by atoms with van der Waals surface area (Å²) in [6.07, 6.45) is 3.00. The fraction of sp³-hybridized carbons (Fsp3) is 0. The third kappa shape index (κ3) is 1.52. The fourth-order valence-corrected chi connectivity index (χ4v) is 1.75. The molecule has 0 saturated heterocycles. The molecule has 0 bridgehead atoms. The van der Waals surface area contributed by atoms with E-state index in [1.54, 1.807) is 6.26 Å². The largest absolute Gasteiger partial charge is 0.449 e. The number of aromatic nitrogens is 1. The van der Waals surface area contributed by atoms with Crippen molar-refractivity contribution in [2.75, 3.05) is 5.32 Å². The van der Waals surface area contributed by atoms with Crippen molar-refractivity contribution in [2.45, 2.75) is 0 Å². The molecule has 2 aromatic carbocycles. The van der Waals surface area contributed by atoms with Crippen molar-refractivity contribution in [3.05, 3.63) is 55.1 Å². The summed E-state index contributed by atoms with van der Waals surface area (Å²) in [7, 11) is 0. The maximum atomic E-state index is 4.93. The van der Waals surface area contributed by atoms with Gasteiger partial charge < -0.3 is 9.73 Å². The zero-order valence-corrected chi connectivity index (χ0v) is 8.55. The van der Waals surface area contributed by atoms with Gasteiger partial charge in [0.2, 0.25) is 0 Å². The molecular formula is C13H10N2O. The van der Waals surface area contributed by atoms with Gasteiger partial charge in [-0.3, -0.25) is 0 Å². The molecule has 0 aliphatic heterocycles. The maximum Gasteiger partial charge on any atom is 0.182 e. The number of oxazole rings is 1. The van der Waals surface area contributed by atoms with Gasteiger partial charge in [-0.05, 0) is 11.5 Å². The van der Waals surface area contributed by atoms with Gasteiger partial charge in [0.15, 0.2) is 12.2 Å². The number of fused-ring (bicyclic) bond motifs is 1. The minimum Gasteiger partial charge on any atom is -0.449 e. The normalized spacial score (nSPS) is 10.5. The SMILES string of the molecule is c1ccc2c(Nc3cocn3)cccc2c1. The lowest BCUT2D eigenvalue weighted by atomic mass is 10.1. The topological polar surface area (TPSA) is 38.1 Å². The van der Waals surface area contributed by atoms with E-state index in [-0.39, 0.29) is 0 Å². The van der Waals surface area contributed by atoms with Gasteiger partial charge in [-0.2, -0.15) is 4.98 Å². The molecule has 3 rings (SSSR count). The van der Waals surface area contributed by atoms with Crippen LogP contribution in [0.3, 0.4) is 0 Å². The number of rotatable bonds is 2. The molecule has 1 heterocycles. The van der Waals surface area contributed by atoms with Gasteiger partial charge in [0, 0.05) is 11.1 Å². The minimum absolute atomic E-state index is 0.719. The van der Waals surface area contributed by atoms with Gasteiger partial charge in [0.05, 0.1) is 0 Å². The van der Waals surface area contributed by atoms with Crippen LogP contribution in [0.2, 0.25) is 0 Å². The summed E-state index contributed by atoms with van der Waals surface area (Å²) in [4.78, 5) is 4.04. The Morgan fingerprint density at radius 2 is 1.88 bits per heavy atom. The smallest absolute Gasteiger partial charge is 0.182 e. The Morgan fingerprint density at radius 1 is 1.00 bits per heavy atom. The number of benzene rings is 2. The molecule has 78 valence electrons. The molecule has 0 aliphatic carbocycles. The van der Waals surface area contributed by atoms with E-state index in [4.69, 9.17) is 4.42 Å². The van der Waals surface area contributed by atoms with Crippen LogP contribution in [0.4, 0.5) is 11.5 Å². The van der Waals surface area contributed by atoms with Crippen LogP contribution in [0.15, 0.2) is 59.5 Å². The lowest BCUT2D eigenvalue weighted by Crippen LogP contribution is -1.90. The Morgan fingerprint density at radius 3 is 2.75 bits per heavy atom. The van der Waals surface area contributed by atoms with E-state index in [1.165, 1.54) is 17.2 Å². The van der Waals surface area contributed by atoms with Crippen molar-refractivity contribution in [3.8, 4) is 0 Å². The molecule has 3 nitrogen and oxygen atoms in total. The molecular weight excluding hydrogens is 200 g/mol. The summed E-state index contributed by atoms with van der Waals surface area (Å²) >= 11 is 0. The van der Waals surface area contributed by atoms with Crippen molar-refractivity contribution in [1.82, 2.24) is 4.98 Å². The van der Waals surface area contributed by atoms with Gasteiger partial charge in [-0.15, -0.1) is 0 Å². The van der Waals surface area contributed by atoms with E-state index < -0.39 is 0 Å². The van der Waals surface area contributed by atoms with Crippen molar-refractivity contribution in [2.24, 2.45) is 0 Å². The van der Waals surface area contributed by atoms with Crippen molar-refractivity contribution < 1.29 is 4.42 Å². The average Bonchev–Trinajstić information content (AvgIpc) is 2.82. The third-order valence-electron chi connectivity index (χ3n) is 2.48. The average molecular weight is 210 g/mol. The highest BCUT2D eigenvalue weighted by molar-refractivity contribution is 5.94. The lowest BCUT2D eigenvalue weighted by Gasteiger charge is -2.06. The molecule has 0 aliphatic rings. The van der Waals surface area contributed by atoms with Crippen LogP contribution in [0.5, 0.6) is 0 Å². The van der Waals surface area contributed by atoms with E-state index in [1.807, 2.05) is 24.3 Å². The molecule has 0 unspecified atom stereocenters. The second-order valence-electron chi connectivity index (χ2n) is 3.53. The van der Waals surface area contributed by atoms with Gasteiger partial charge in [0.1, 0.15) is 6.26 Å². The van der Waals surface area contributed by atoms with Crippen LogP contribution >= 0.6 is 0 Å². The van der Waals surface area contributed by atoms with Gasteiger partial charge >= 0.3 is 0 Å². The van der Waals surface area contributed by atoms with Crippen LogP contribution in [0.25, 0.3) is 10.8 Å². The Labute approximate surface area is 92.7 Å². The zero-order valence-electron chi connectivity index (χ0n) is 8.55. The van der Waals surface area contributed by atoms with Crippen LogP contribution < -0.4 is 5.32 Å². The predicted molar refractivity (Wildman–Crippen MR) is 63.7 cm³/mol. The van der Waals surface area contributed by atoms with Gasteiger partial charge in [-0.25, -0.2) is 0 Å². The summed E-state index contributed by atoms with van der Waals surface area (Å²) in [5.41, 5.74) is 1.03. The van der Waals surface area contributed by atoms with E-state index >= 15 is 0 Å². The fourth-order valence-electron chi connectivity index (χ4n) is 1.75.